The Morgan fingerprint density at radius 2 is 1.86 bits per heavy atom. The molecule has 2 aromatic heterocycles. The number of nitrogens with zero attached hydrogens (tertiary/aromatic N) is 2. The molecule has 0 saturated carbocycles. The molecular formula is C19H17IN2. The Morgan fingerprint density at radius 3 is 2.59 bits per heavy atom. The highest BCUT2D eigenvalue weighted by atomic mass is 127. The van der Waals surface area contributed by atoms with E-state index in [1.807, 2.05) is 30.1 Å². The number of hydrogen-bond donors (Lipinski definition) is 0. The topological polar surface area (TPSA) is 8.81 Å². The fraction of sp³-hybridized carbons (Fsp3) is 0.105. The van der Waals surface area contributed by atoms with Crippen molar-refractivity contribution in [2.45, 2.75) is 6.54 Å². The molecule has 0 fully saturated rings. The average molecular weight is 400 g/mol. The summed E-state index contributed by atoms with van der Waals surface area (Å²) in [6.07, 6.45) is 15.9. The molecule has 0 aliphatic heterocycles. The quantitative estimate of drug-likeness (QED) is 0.339. The van der Waals surface area contributed by atoms with Crippen molar-refractivity contribution in [3.8, 4) is 12.3 Å². The van der Waals surface area contributed by atoms with Crippen LogP contribution >= 0.6 is 0 Å². The van der Waals surface area contributed by atoms with E-state index in [-0.39, 0.29) is 24.0 Å². The van der Waals surface area contributed by atoms with Gasteiger partial charge in [0.05, 0.1) is 6.54 Å². The SMILES string of the molecule is C#CCn1cc(/C=C/c2cc[n+](C)cc2)c2ccccc21.[I-]. The number of fused-ring (bicyclic) bond motifs is 1. The van der Waals surface area contributed by atoms with E-state index < -0.39 is 0 Å². The molecule has 3 heteroatoms. The number of halogens is 1. The van der Waals surface area contributed by atoms with Crippen LogP contribution in [-0.4, -0.2) is 4.57 Å². The number of aryl methyl sites for hydroxylation is 1. The number of rotatable bonds is 3. The highest BCUT2D eigenvalue weighted by Crippen LogP contribution is 2.23. The smallest absolute Gasteiger partial charge is 0.169 e. The Morgan fingerprint density at radius 1 is 1.14 bits per heavy atom. The van der Waals surface area contributed by atoms with Crippen molar-refractivity contribution < 1.29 is 28.5 Å². The van der Waals surface area contributed by atoms with E-state index in [4.69, 9.17) is 6.42 Å². The zero-order valence-corrected chi connectivity index (χ0v) is 14.6. The molecule has 0 unspecified atom stereocenters. The van der Waals surface area contributed by atoms with E-state index in [0.717, 1.165) is 0 Å². The van der Waals surface area contributed by atoms with Gasteiger partial charge in [-0.1, -0.05) is 36.3 Å². The van der Waals surface area contributed by atoms with Gasteiger partial charge in [0.25, 0.3) is 0 Å². The number of pyridine rings is 1. The minimum absolute atomic E-state index is 0. The van der Waals surface area contributed by atoms with Crippen molar-refractivity contribution in [2.24, 2.45) is 7.05 Å². The van der Waals surface area contributed by atoms with Gasteiger partial charge in [-0.05, 0) is 11.6 Å². The van der Waals surface area contributed by atoms with Crippen molar-refractivity contribution in [1.82, 2.24) is 4.57 Å². The first-order valence-electron chi connectivity index (χ1n) is 6.92. The molecule has 110 valence electrons. The highest BCUT2D eigenvalue weighted by molar-refractivity contribution is 5.92. The summed E-state index contributed by atoms with van der Waals surface area (Å²) in [6.45, 7) is 0.593. The molecule has 3 aromatic rings. The van der Waals surface area contributed by atoms with Crippen molar-refractivity contribution in [3.05, 3.63) is 66.1 Å². The van der Waals surface area contributed by atoms with E-state index in [0.29, 0.717) is 6.54 Å². The Balaban J connectivity index is 0.00000176. The normalized spacial score (nSPS) is 10.5. The molecule has 0 aliphatic carbocycles. The molecule has 1 aromatic carbocycles. The monoisotopic (exact) mass is 400 g/mol. The second kappa shape index (κ2) is 7.28. The van der Waals surface area contributed by atoms with Gasteiger partial charge < -0.3 is 28.5 Å². The summed E-state index contributed by atoms with van der Waals surface area (Å²) in [4.78, 5) is 0. The molecule has 0 saturated heterocycles. The Hall–Kier alpha value is -2.06. The van der Waals surface area contributed by atoms with Crippen LogP contribution < -0.4 is 28.5 Å². The third-order valence-electron chi connectivity index (χ3n) is 3.54. The van der Waals surface area contributed by atoms with Crippen LogP contribution in [0, 0.1) is 12.3 Å². The van der Waals surface area contributed by atoms with Crippen molar-refractivity contribution in [3.63, 3.8) is 0 Å². The molecule has 0 spiro atoms. The Kier molecular flexibility index (Phi) is 5.40. The second-order valence-electron chi connectivity index (χ2n) is 5.06. The summed E-state index contributed by atoms with van der Waals surface area (Å²) < 4.78 is 4.14. The third-order valence-corrected chi connectivity index (χ3v) is 3.54. The molecule has 22 heavy (non-hydrogen) atoms. The molecule has 0 amide bonds. The van der Waals surface area contributed by atoms with Crippen LogP contribution in [0.4, 0.5) is 0 Å². The summed E-state index contributed by atoms with van der Waals surface area (Å²) in [6, 6.07) is 12.5. The molecule has 2 nitrogen and oxygen atoms in total. The lowest BCUT2D eigenvalue weighted by Gasteiger charge is -1.97. The van der Waals surface area contributed by atoms with Crippen LogP contribution in [0.1, 0.15) is 11.1 Å². The van der Waals surface area contributed by atoms with Crippen LogP contribution in [0.15, 0.2) is 55.0 Å². The molecular weight excluding hydrogens is 383 g/mol. The van der Waals surface area contributed by atoms with Crippen LogP contribution in [0.5, 0.6) is 0 Å². The molecule has 0 atom stereocenters. The lowest BCUT2D eigenvalue weighted by Crippen LogP contribution is -3.00. The lowest BCUT2D eigenvalue weighted by atomic mass is 10.1. The van der Waals surface area contributed by atoms with Crippen LogP contribution in [-0.2, 0) is 13.6 Å². The van der Waals surface area contributed by atoms with Crippen molar-refractivity contribution in [2.75, 3.05) is 0 Å². The van der Waals surface area contributed by atoms with Crippen LogP contribution in [0.25, 0.3) is 23.1 Å². The van der Waals surface area contributed by atoms with Crippen molar-refractivity contribution >= 4 is 23.1 Å². The number of aromatic nitrogens is 2. The van der Waals surface area contributed by atoms with Gasteiger partial charge in [-0.15, -0.1) is 6.42 Å². The van der Waals surface area contributed by atoms with E-state index in [2.05, 4.69) is 59.2 Å². The number of para-hydroxylation sites is 1. The minimum Gasteiger partial charge on any atom is -1.00 e. The van der Waals surface area contributed by atoms with Crippen LogP contribution in [0.3, 0.4) is 0 Å². The summed E-state index contributed by atoms with van der Waals surface area (Å²) in [5.74, 6) is 2.71. The zero-order valence-electron chi connectivity index (χ0n) is 12.4. The number of hydrogen-bond acceptors (Lipinski definition) is 0. The highest BCUT2D eigenvalue weighted by Gasteiger charge is 2.04. The van der Waals surface area contributed by atoms with Crippen LogP contribution in [0.2, 0.25) is 0 Å². The fourth-order valence-electron chi connectivity index (χ4n) is 2.45. The molecule has 3 rings (SSSR count). The van der Waals surface area contributed by atoms with Gasteiger partial charge in [-0.25, -0.2) is 4.57 Å². The largest absolute Gasteiger partial charge is 1.00 e. The van der Waals surface area contributed by atoms with Gasteiger partial charge in [0, 0.05) is 34.8 Å². The third kappa shape index (κ3) is 3.40. The second-order valence-corrected chi connectivity index (χ2v) is 5.06. The maximum Gasteiger partial charge on any atom is 0.169 e. The summed E-state index contributed by atoms with van der Waals surface area (Å²) in [5, 5.41) is 1.23. The fourth-order valence-corrected chi connectivity index (χ4v) is 2.45. The first-order valence-corrected chi connectivity index (χ1v) is 6.92. The number of benzene rings is 1. The molecule has 0 aliphatic rings. The summed E-state index contributed by atoms with van der Waals surface area (Å²) in [7, 11) is 2.01. The summed E-state index contributed by atoms with van der Waals surface area (Å²) in [5.41, 5.74) is 3.55. The van der Waals surface area contributed by atoms with E-state index in [1.165, 1.54) is 22.0 Å². The minimum atomic E-state index is 0. The standard InChI is InChI=1S/C19H17N2.HI/c1-3-12-21-15-17(18-6-4-5-7-19(18)21)9-8-16-10-13-20(2)14-11-16;/h1,4-11,13-15H,12H2,2H3;1H/q+1;/p-1. The summed E-state index contributed by atoms with van der Waals surface area (Å²) >= 11 is 0. The van der Waals surface area contributed by atoms with Gasteiger partial charge in [0.2, 0.25) is 0 Å². The Bertz CT molecular complexity index is 836. The molecule has 0 N–H and O–H groups in total. The van der Waals surface area contributed by atoms with E-state index in [9.17, 15) is 0 Å². The molecule has 0 bridgehead atoms. The predicted octanol–water partition coefficient (Wildman–Crippen LogP) is 0.273. The van der Waals surface area contributed by atoms with Gasteiger partial charge in [0.15, 0.2) is 12.4 Å². The average Bonchev–Trinajstić information content (AvgIpc) is 2.86. The zero-order chi connectivity index (χ0) is 14.7. The number of terminal acetylenes is 1. The van der Waals surface area contributed by atoms with E-state index >= 15 is 0 Å². The van der Waals surface area contributed by atoms with Gasteiger partial charge in [0.1, 0.15) is 7.05 Å². The van der Waals surface area contributed by atoms with Gasteiger partial charge >= 0.3 is 0 Å². The first-order chi connectivity index (χ1) is 10.3. The molecule has 2 heterocycles. The van der Waals surface area contributed by atoms with E-state index in [1.54, 1.807) is 0 Å². The first kappa shape index (κ1) is 16.3. The predicted molar refractivity (Wildman–Crippen MR) is 87.3 cm³/mol. The van der Waals surface area contributed by atoms with Crippen molar-refractivity contribution in [1.29, 1.82) is 0 Å². The maximum atomic E-state index is 5.45. The van der Waals surface area contributed by atoms with Gasteiger partial charge in [-0.2, -0.15) is 0 Å². The molecule has 0 radical (unpaired) electrons. The maximum absolute atomic E-state index is 5.45. The lowest BCUT2D eigenvalue weighted by molar-refractivity contribution is -0.671. The van der Waals surface area contributed by atoms with Gasteiger partial charge in [-0.3, -0.25) is 0 Å². The Labute approximate surface area is 148 Å².